The van der Waals surface area contributed by atoms with E-state index in [9.17, 15) is 4.79 Å². The Morgan fingerprint density at radius 2 is 2.00 bits per heavy atom. The van der Waals surface area contributed by atoms with Crippen molar-refractivity contribution in [3.63, 3.8) is 0 Å². The summed E-state index contributed by atoms with van der Waals surface area (Å²) >= 11 is 3.35. The van der Waals surface area contributed by atoms with Gasteiger partial charge in [0, 0.05) is 28.3 Å². The molecule has 0 atom stereocenters. The summed E-state index contributed by atoms with van der Waals surface area (Å²) in [5.74, 6) is 0.237. The summed E-state index contributed by atoms with van der Waals surface area (Å²) in [5, 5.41) is 0. The molecule has 96 valence electrons. The van der Waals surface area contributed by atoms with E-state index in [1.165, 1.54) is 0 Å². The Hall–Kier alpha value is -1.95. The summed E-state index contributed by atoms with van der Waals surface area (Å²) in [6.07, 6.45) is 1.69. The lowest BCUT2D eigenvalue weighted by atomic mass is 10.2. The lowest BCUT2D eigenvalue weighted by Gasteiger charge is -2.14. The van der Waals surface area contributed by atoms with Gasteiger partial charge in [-0.1, -0.05) is 15.9 Å². The van der Waals surface area contributed by atoms with E-state index in [1.807, 2.05) is 12.1 Å². The second kappa shape index (κ2) is 4.62. The number of nitrogen functional groups attached to an aromatic ring is 1. The predicted octanol–water partition coefficient (Wildman–Crippen LogP) is 1.98. The molecule has 19 heavy (non-hydrogen) atoms. The summed E-state index contributed by atoms with van der Waals surface area (Å²) in [5.41, 5.74) is 8.00. The van der Waals surface area contributed by atoms with E-state index in [4.69, 9.17) is 5.73 Å². The Labute approximate surface area is 118 Å². The molecule has 1 aromatic heterocycles. The van der Waals surface area contributed by atoms with Crippen LogP contribution in [0.3, 0.4) is 0 Å². The second-order valence-electron chi connectivity index (χ2n) is 4.37. The van der Waals surface area contributed by atoms with Crippen LogP contribution in [0.4, 0.5) is 5.95 Å². The quantitative estimate of drug-likeness (QED) is 0.872. The van der Waals surface area contributed by atoms with Crippen molar-refractivity contribution in [2.24, 2.45) is 0 Å². The number of benzene rings is 1. The van der Waals surface area contributed by atoms with E-state index < -0.39 is 0 Å². The number of hydrogen-bond acceptors (Lipinski definition) is 4. The zero-order valence-electron chi connectivity index (χ0n) is 10.0. The Balaban J connectivity index is 1.82. The zero-order valence-corrected chi connectivity index (χ0v) is 11.6. The molecule has 0 saturated carbocycles. The van der Waals surface area contributed by atoms with Gasteiger partial charge in [0.25, 0.3) is 5.91 Å². The minimum Gasteiger partial charge on any atom is -0.368 e. The third-order valence-corrected chi connectivity index (χ3v) is 3.58. The standard InChI is InChI=1S/C13H11BrN4O/c14-10-3-1-8(2-4-10)12(19)18-6-9-5-16-13(15)17-11(9)7-18/h1-5H,6-7H2,(H2,15,16,17). The molecule has 0 aliphatic carbocycles. The van der Waals surface area contributed by atoms with Gasteiger partial charge >= 0.3 is 0 Å². The van der Waals surface area contributed by atoms with E-state index in [0.717, 1.165) is 15.7 Å². The number of anilines is 1. The first-order valence-electron chi connectivity index (χ1n) is 5.78. The number of hydrogen-bond donors (Lipinski definition) is 1. The van der Waals surface area contributed by atoms with Gasteiger partial charge in [0.2, 0.25) is 5.95 Å². The molecule has 6 heteroatoms. The van der Waals surface area contributed by atoms with Gasteiger partial charge in [-0.25, -0.2) is 9.97 Å². The van der Waals surface area contributed by atoms with Crippen LogP contribution in [-0.4, -0.2) is 20.8 Å². The van der Waals surface area contributed by atoms with E-state index in [1.54, 1.807) is 23.2 Å². The minimum atomic E-state index is -0.0101. The highest BCUT2D eigenvalue weighted by atomic mass is 79.9. The van der Waals surface area contributed by atoms with Gasteiger partial charge < -0.3 is 10.6 Å². The molecule has 1 aliphatic heterocycles. The van der Waals surface area contributed by atoms with Crippen LogP contribution >= 0.6 is 15.9 Å². The molecule has 5 nitrogen and oxygen atoms in total. The van der Waals surface area contributed by atoms with E-state index in [-0.39, 0.29) is 11.9 Å². The fraction of sp³-hybridized carbons (Fsp3) is 0.154. The number of nitrogens with two attached hydrogens (primary N) is 1. The van der Waals surface area contributed by atoms with Crippen LogP contribution in [0.2, 0.25) is 0 Å². The molecule has 2 aromatic rings. The van der Waals surface area contributed by atoms with Crippen LogP contribution < -0.4 is 5.73 Å². The first-order chi connectivity index (χ1) is 9.13. The Morgan fingerprint density at radius 3 is 2.74 bits per heavy atom. The number of halogens is 1. The summed E-state index contributed by atoms with van der Waals surface area (Å²) in [6.45, 7) is 1.02. The number of rotatable bonds is 1. The van der Waals surface area contributed by atoms with E-state index >= 15 is 0 Å². The fourth-order valence-electron chi connectivity index (χ4n) is 2.09. The Bertz CT molecular complexity index is 642. The van der Waals surface area contributed by atoms with Crippen molar-refractivity contribution in [2.45, 2.75) is 13.1 Å². The van der Waals surface area contributed by atoms with Crippen molar-refractivity contribution in [3.8, 4) is 0 Å². The lowest BCUT2D eigenvalue weighted by Crippen LogP contribution is -2.25. The molecule has 0 bridgehead atoms. The number of nitrogens with zero attached hydrogens (tertiary/aromatic N) is 3. The molecule has 0 radical (unpaired) electrons. The summed E-state index contributed by atoms with van der Waals surface area (Å²) in [6, 6.07) is 7.31. The molecular formula is C13H11BrN4O. The molecule has 1 aromatic carbocycles. The number of carbonyl (C=O) groups excluding carboxylic acids is 1. The van der Waals surface area contributed by atoms with Gasteiger partial charge in [-0.3, -0.25) is 4.79 Å². The highest BCUT2D eigenvalue weighted by Gasteiger charge is 2.25. The molecule has 1 aliphatic rings. The highest BCUT2D eigenvalue weighted by molar-refractivity contribution is 9.10. The van der Waals surface area contributed by atoms with Gasteiger partial charge in [0.1, 0.15) is 0 Å². The Kier molecular flexibility index (Phi) is 2.94. The highest BCUT2D eigenvalue weighted by Crippen LogP contribution is 2.23. The van der Waals surface area contributed by atoms with Crippen LogP contribution in [-0.2, 0) is 13.1 Å². The fourth-order valence-corrected chi connectivity index (χ4v) is 2.35. The summed E-state index contributed by atoms with van der Waals surface area (Å²) in [7, 11) is 0. The first kappa shape index (κ1) is 12.1. The maximum atomic E-state index is 12.3. The van der Waals surface area contributed by atoms with Crippen LogP contribution in [0.1, 0.15) is 21.6 Å². The second-order valence-corrected chi connectivity index (χ2v) is 5.28. The topological polar surface area (TPSA) is 72.1 Å². The average Bonchev–Trinajstić information content (AvgIpc) is 2.81. The van der Waals surface area contributed by atoms with Gasteiger partial charge in [0.05, 0.1) is 12.2 Å². The Morgan fingerprint density at radius 1 is 1.26 bits per heavy atom. The van der Waals surface area contributed by atoms with Crippen molar-refractivity contribution in [1.29, 1.82) is 0 Å². The molecule has 0 saturated heterocycles. The molecule has 0 spiro atoms. The van der Waals surface area contributed by atoms with Gasteiger partial charge in [-0.05, 0) is 24.3 Å². The maximum Gasteiger partial charge on any atom is 0.254 e. The van der Waals surface area contributed by atoms with Crippen LogP contribution in [0, 0.1) is 0 Å². The number of fused-ring (bicyclic) bond motifs is 1. The molecular weight excluding hydrogens is 308 g/mol. The smallest absolute Gasteiger partial charge is 0.254 e. The summed E-state index contributed by atoms with van der Waals surface area (Å²) < 4.78 is 0.951. The van der Waals surface area contributed by atoms with Crippen molar-refractivity contribution in [3.05, 3.63) is 51.8 Å². The number of carbonyl (C=O) groups is 1. The van der Waals surface area contributed by atoms with Crippen molar-refractivity contribution in [1.82, 2.24) is 14.9 Å². The third kappa shape index (κ3) is 2.31. The van der Waals surface area contributed by atoms with Gasteiger partial charge in [-0.15, -0.1) is 0 Å². The van der Waals surface area contributed by atoms with Crippen molar-refractivity contribution in [2.75, 3.05) is 5.73 Å². The molecule has 2 N–H and O–H groups in total. The van der Waals surface area contributed by atoms with E-state index in [2.05, 4.69) is 25.9 Å². The molecule has 0 fully saturated rings. The number of amides is 1. The van der Waals surface area contributed by atoms with Gasteiger partial charge in [0.15, 0.2) is 0 Å². The number of aromatic nitrogens is 2. The normalized spacial score (nSPS) is 13.4. The maximum absolute atomic E-state index is 12.3. The summed E-state index contributed by atoms with van der Waals surface area (Å²) in [4.78, 5) is 22.2. The van der Waals surface area contributed by atoms with Crippen LogP contribution in [0.15, 0.2) is 34.9 Å². The first-order valence-corrected chi connectivity index (χ1v) is 6.58. The van der Waals surface area contributed by atoms with Gasteiger partial charge in [-0.2, -0.15) is 0 Å². The predicted molar refractivity (Wildman–Crippen MR) is 74.2 cm³/mol. The third-order valence-electron chi connectivity index (χ3n) is 3.05. The van der Waals surface area contributed by atoms with Crippen molar-refractivity contribution < 1.29 is 4.79 Å². The monoisotopic (exact) mass is 318 g/mol. The largest absolute Gasteiger partial charge is 0.368 e. The lowest BCUT2D eigenvalue weighted by molar-refractivity contribution is 0.0750. The van der Waals surface area contributed by atoms with Crippen LogP contribution in [0.5, 0.6) is 0 Å². The van der Waals surface area contributed by atoms with Crippen molar-refractivity contribution >= 4 is 27.8 Å². The van der Waals surface area contributed by atoms with E-state index in [0.29, 0.717) is 18.7 Å². The SMILES string of the molecule is Nc1ncc2c(n1)CN(C(=O)c1ccc(Br)cc1)C2. The minimum absolute atomic E-state index is 0.0101. The average molecular weight is 319 g/mol. The molecule has 1 amide bonds. The molecule has 3 rings (SSSR count). The zero-order chi connectivity index (χ0) is 13.4. The molecule has 0 unspecified atom stereocenters. The molecule has 2 heterocycles. The van der Waals surface area contributed by atoms with Crippen LogP contribution in [0.25, 0.3) is 0 Å².